The summed E-state index contributed by atoms with van der Waals surface area (Å²) < 4.78 is 4.86. The Morgan fingerprint density at radius 3 is 2.78 bits per heavy atom. The Bertz CT molecular complexity index is 710. The van der Waals surface area contributed by atoms with Crippen molar-refractivity contribution in [3.63, 3.8) is 0 Å². The maximum absolute atomic E-state index is 11.7. The van der Waals surface area contributed by atoms with E-state index in [-0.39, 0.29) is 17.8 Å². The van der Waals surface area contributed by atoms with Crippen molar-refractivity contribution in [2.75, 3.05) is 7.11 Å². The van der Waals surface area contributed by atoms with Gasteiger partial charge in [-0.25, -0.2) is 9.97 Å². The molecule has 0 saturated heterocycles. The van der Waals surface area contributed by atoms with E-state index in [0.717, 1.165) is 47.9 Å². The van der Waals surface area contributed by atoms with Crippen LogP contribution in [0.4, 0.5) is 0 Å². The van der Waals surface area contributed by atoms with E-state index in [1.165, 1.54) is 7.11 Å². The molecule has 0 spiro atoms. The summed E-state index contributed by atoms with van der Waals surface area (Å²) in [4.78, 5) is 21.0. The molecule has 2 atom stereocenters. The average molecular weight is 314 g/mol. The van der Waals surface area contributed by atoms with Gasteiger partial charge in [-0.3, -0.25) is 9.89 Å². The largest absolute Gasteiger partial charge is 0.469 e. The van der Waals surface area contributed by atoms with E-state index in [2.05, 4.69) is 15.2 Å². The highest BCUT2D eigenvalue weighted by Crippen LogP contribution is 2.37. The molecule has 1 saturated carbocycles. The number of aromatic nitrogens is 4. The summed E-state index contributed by atoms with van der Waals surface area (Å²) in [6.07, 6.45) is 3.25. The van der Waals surface area contributed by atoms with Gasteiger partial charge >= 0.3 is 5.97 Å². The molecular weight excluding hydrogens is 292 g/mol. The standard InChI is InChI=1S/C17H22N4O2/c1-10-6-14(9-15-7-11(2)20-21-15)19-16(18-10)12-4-5-13(8-12)17(22)23-3/h6-7,12-13H,4-5,8-9H2,1-3H3,(H,20,21). The molecule has 6 heteroatoms. The third kappa shape index (κ3) is 3.57. The summed E-state index contributed by atoms with van der Waals surface area (Å²) in [6, 6.07) is 4.03. The van der Waals surface area contributed by atoms with Crippen LogP contribution in [0.1, 0.15) is 53.8 Å². The van der Waals surface area contributed by atoms with E-state index in [1.807, 2.05) is 26.0 Å². The third-order valence-electron chi connectivity index (χ3n) is 4.38. The lowest BCUT2D eigenvalue weighted by molar-refractivity contribution is -0.145. The van der Waals surface area contributed by atoms with Crippen LogP contribution in [0.3, 0.4) is 0 Å². The van der Waals surface area contributed by atoms with Crippen molar-refractivity contribution in [3.05, 3.63) is 40.7 Å². The summed E-state index contributed by atoms with van der Waals surface area (Å²) in [5.74, 6) is 0.941. The second-order valence-electron chi connectivity index (χ2n) is 6.31. The number of H-pyrrole nitrogens is 1. The number of carbonyl (C=O) groups is 1. The molecule has 0 bridgehead atoms. The van der Waals surface area contributed by atoms with Crippen LogP contribution in [-0.4, -0.2) is 33.2 Å². The Hall–Kier alpha value is -2.24. The Balaban J connectivity index is 1.77. The molecule has 2 unspecified atom stereocenters. The van der Waals surface area contributed by atoms with Gasteiger partial charge in [-0.15, -0.1) is 0 Å². The first kappa shape index (κ1) is 15.6. The average Bonchev–Trinajstić information content (AvgIpc) is 3.15. The molecule has 2 aromatic heterocycles. The van der Waals surface area contributed by atoms with Crippen LogP contribution in [0.15, 0.2) is 12.1 Å². The van der Waals surface area contributed by atoms with E-state index in [1.54, 1.807) is 0 Å². The predicted molar refractivity (Wildman–Crippen MR) is 85.0 cm³/mol. The molecule has 0 radical (unpaired) electrons. The normalized spacial score (nSPS) is 20.7. The van der Waals surface area contributed by atoms with Crippen molar-refractivity contribution in [1.29, 1.82) is 0 Å². The van der Waals surface area contributed by atoms with Gasteiger partial charge < -0.3 is 4.74 Å². The topological polar surface area (TPSA) is 80.8 Å². The number of methoxy groups -OCH3 is 1. The van der Waals surface area contributed by atoms with Crippen LogP contribution in [-0.2, 0) is 16.0 Å². The van der Waals surface area contributed by atoms with Gasteiger partial charge in [0.1, 0.15) is 5.82 Å². The first-order chi connectivity index (χ1) is 11.0. The molecule has 1 aliphatic carbocycles. The molecule has 2 aromatic rings. The molecule has 23 heavy (non-hydrogen) atoms. The molecule has 1 N–H and O–H groups in total. The number of aromatic amines is 1. The summed E-state index contributed by atoms with van der Waals surface area (Å²) in [5.41, 5.74) is 3.95. The van der Waals surface area contributed by atoms with Gasteiger partial charge in [0, 0.05) is 23.7 Å². The summed E-state index contributed by atoms with van der Waals surface area (Å²) >= 11 is 0. The Morgan fingerprint density at radius 2 is 2.09 bits per heavy atom. The van der Waals surface area contributed by atoms with E-state index in [4.69, 9.17) is 9.72 Å². The van der Waals surface area contributed by atoms with E-state index >= 15 is 0 Å². The second-order valence-corrected chi connectivity index (χ2v) is 6.31. The highest BCUT2D eigenvalue weighted by atomic mass is 16.5. The summed E-state index contributed by atoms with van der Waals surface area (Å²) in [5, 5.41) is 7.22. The van der Waals surface area contributed by atoms with Crippen molar-refractivity contribution in [2.24, 2.45) is 5.92 Å². The number of carbonyl (C=O) groups excluding carboxylic acids is 1. The highest BCUT2D eigenvalue weighted by Gasteiger charge is 2.33. The molecule has 1 fully saturated rings. The highest BCUT2D eigenvalue weighted by molar-refractivity contribution is 5.72. The van der Waals surface area contributed by atoms with Crippen LogP contribution in [0.5, 0.6) is 0 Å². The Kier molecular flexibility index (Phi) is 4.41. The quantitative estimate of drug-likeness (QED) is 0.877. The number of ether oxygens (including phenoxy) is 1. The lowest BCUT2D eigenvalue weighted by Crippen LogP contribution is -2.13. The minimum atomic E-state index is -0.118. The van der Waals surface area contributed by atoms with E-state index < -0.39 is 0 Å². The van der Waals surface area contributed by atoms with Gasteiger partial charge in [-0.05, 0) is 45.2 Å². The predicted octanol–water partition coefficient (Wildman–Crippen LogP) is 2.46. The molecule has 122 valence electrons. The molecular formula is C17H22N4O2. The molecule has 2 heterocycles. The van der Waals surface area contributed by atoms with Crippen LogP contribution in [0, 0.1) is 19.8 Å². The molecule has 0 aliphatic heterocycles. The number of hydrogen-bond acceptors (Lipinski definition) is 5. The van der Waals surface area contributed by atoms with Gasteiger partial charge in [-0.2, -0.15) is 5.10 Å². The van der Waals surface area contributed by atoms with Crippen LogP contribution in [0.2, 0.25) is 0 Å². The molecule has 0 amide bonds. The van der Waals surface area contributed by atoms with Gasteiger partial charge in [-0.1, -0.05) is 0 Å². The minimum absolute atomic E-state index is 0.0217. The number of nitrogens with one attached hydrogen (secondary N) is 1. The van der Waals surface area contributed by atoms with Crippen molar-refractivity contribution < 1.29 is 9.53 Å². The smallest absolute Gasteiger partial charge is 0.308 e. The third-order valence-corrected chi connectivity index (χ3v) is 4.38. The van der Waals surface area contributed by atoms with Crippen LogP contribution < -0.4 is 0 Å². The zero-order valence-electron chi connectivity index (χ0n) is 13.8. The van der Waals surface area contributed by atoms with Crippen molar-refractivity contribution >= 4 is 5.97 Å². The van der Waals surface area contributed by atoms with E-state index in [9.17, 15) is 4.79 Å². The van der Waals surface area contributed by atoms with Crippen molar-refractivity contribution in [1.82, 2.24) is 20.2 Å². The van der Waals surface area contributed by atoms with Crippen molar-refractivity contribution in [3.8, 4) is 0 Å². The minimum Gasteiger partial charge on any atom is -0.469 e. The Labute approximate surface area is 135 Å². The Morgan fingerprint density at radius 1 is 1.26 bits per heavy atom. The van der Waals surface area contributed by atoms with Gasteiger partial charge in [0.05, 0.1) is 24.4 Å². The lowest BCUT2D eigenvalue weighted by Gasteiger charge is -2.11. The SMILES string of the molecule is COC(=O)C1CCC(c2nc(C)cc(Cc3cc(C)[nH]n3)n2)C1. The van der Waals surface area contributed by atoms with Gasteiger partial charge in [0.2, 0.25) is 0 Å². The monoisotopic (exact) mass is 314 g/mol. The fraction of sp³-hybridized carbons (Fsp3) is 0.529. The number of rotatable bonds is 4. The maximum Gasteiger partial charge on any atom is 0.308 e. The fourth-order valence-corrected chi connectivity index (χ4v) is 3.28. The molecule has 3 rings (SSSR count). The maximum atomic E-state index is 11.7. The number of hydrogen-bond donors (Lipinski definition) is 1. The van der Waals surface area contributed by atoms with Gasteiger partial charge in [0.15, 0.2) is 0 Å². The van der Waals surface area contributed by atoms with Gasteiger partial charge in [0.25, 0.3) is 0 Å². The van der Waals surface area contributed by atoms with Crippen LogP contribution >= 0.6 is 0 Å². The summed E-state index contributed by atoms with van der Waals surface area (Å²) in [7, 11) is 1.45. The number of esters is 1. The molecule has 1 aliphatic rings. The second kappa shape index (κ2) is 6.48. The first-order valence-corrected chi connectivity index (χ1v) is 7.98. The number of nitrogens with zero attached hydrogens (tertiary/aromatic N) is 3. The molecule has 6 nitrogen and oxygen atoms in total. The lowest BCUT2D eigenvalue weighted by atomic mass is 10.0. The van der Waals surface area contributed by atoms with E-state index in [0.29, 0.717) is 6.42 Å². The first-order valence-electron chi connectivity index (χ1n) is 7.98. The van der Waals surface area contributed by atoms with Crippen LogP contribution in [0.25, 0.3) is 0 Å². The molecule has 0 aromatic carbocycles. The zero-order chi connectivity index (χ0) is 16.4. The zero-order valence-corrected chi connectivity index (χ0v) is 13.8. The fourth-order valence-electron chi connectivity index (χ4n) is 3.28. The van der Waals surface area contributed by atoms with Crippen molar-refractivity contribution in [2.45, 2.75) is 45.4 Å². The summed E-state index contributed by atoms with van der Waals surface area (Å²) in [6.45, 7) is 3.97. The number of aryl methyl sites for hydroxylation is 2.